The maximum atomic E-state index is 14.2. The lowest BCUT2D eigenvalue weighted by Crippen LogP contribution is -2.00. The largest absolute Gasteiger partial charge is 0.493 e. The van der Waals surface area contributed by atoms with E-state index in [1.165, 1.54) is 0 Å². The van der Waals surface area contributed by atoms with Gasteiger partial charge in [-0.25, -0.2) is 4.39 Å². The van der Waals surface area contributed by atoms with E-state index in [1.807, 2.05) is 31.2 Å². The summed E-state index contributed by atoms with van der Waals surface area (Å²) >= 11 is 9.51. The molecule has 0 unspecified atom stereocenters. The van der Waals surface area contributed by atoms with Crippen LogP contribution in [0.15, 0.2) is 28.7 Å². The first kappa shape index (κ1) is 17.7. The normalized spacial score (nSPS) is 11.0. The van der Waals surface area contributed by atoms with Gasteiger partial charge in [-0.05, 0) is 42.7 Å². The van der Waals surface area contributed by atoms with Gasteiger partial charge in [0, 0.05) is 4.47 Å². The summed E-state index contributed by atoms with van der Waals surface area (Å²) in [5.74, 6) is -0.576. The fourth-order valence-electron chi connectivity index (χ4n) is 2.13. The first-order valence-corrected chi connectivity index (χ1v) is 8.19. The van der Waals surface area contributed by atoms with E-state index in [0.29, 0.717) is 18.5 Å². The Labute approximate surface area is 148 Å². The molecule has 0 N–H and O–H groups in total. The molecule has 2 nitrogen and oxygen atoms in total. The molecule has 0 aliphatic rings. The second-order valence-electron chi connectivity index (χ2n) is 4.84. The molecule has 0 saturated carbocycles. The zero-order valence-electron chi connectivity index (χ0n) is 12.7. The van der Waals surface area contributed by atoms with Crippen molar-refractivity contribution >= 4 is 46.0 Å². The van der Waals surface area contributed by atoms with Gasteiger partial charge >= 0.3 is 0 Å². The van der Waals surface area contributed by atoms with Crippen LogP contribution < -0.4 is 4.74 Å². The Morgan fingerprint density at radius 3 is 2.65 bits per heavy atom. The smallest absolute Gasteiger partial charge is 0.156 e. The molecule has 0 fully saturated rings. The van der Waals surface area contributed by atoms with Crippen molar-refractivity contribution in [2.24, 2.45) is 0 Å². The molecule has 0 saturated heterocycles. The summed E-state index contributed by atoms with van der Waals surface area (Å²) in [5.41, 5.74) is 2.34. The van der Waals surface area contributed by atoms with Crippen molar-refractivity contribution in [2.45, 2.75) is 13.8 Å². The topological polar surface area (TPSA) is 26.3 Å². The van der Waals surface area contributed by atoms with E-state index >= 15 is 0 Å². The van der Waals surface area contributed by atoms with E-state index in [2.05, 4.69) is 15.9 Å². The van der Waals surface area contributed by atoms with Crippen molar-refractivity contribution in [2.75, 3.05) is 6.61 Å². The van der Waals surface area contributed by atoms with Crippen molar-refractivity contribution in [1.82, 2.24) is 0 Å². The highest BCUT2D eigenvalue weighted by atomic mass is 79.9. The summed E-state index contributed by atoms with van der Waals surface area (Å²) in [5, 5.41) is -0.0977. The fraction of sp³-hybridized carbons (Fsp3) is 0.167. The van der Waals surface area contributed by atoms with E-state index in [1.54, 1.807) is 19.1 Å². The van der Waals surface area contributed by atoms with Crippen LogP contribution in [0, 0.1) is 12.7 Å². The molecule has 0 aliphatic heterocycles. The van der Waals surface area contributed by atoms with Gasteiger partial charge in [-0.2, -0.15) is 0 Å². The van der Waals surface area contributed by atoms with Crippen LogP contribution in [0.2, 0.25) is 5.02 Å². The minimum atomic E-state index is -0.766. The average Bonchev–Trinajstić information content (AvgIpc) is 2.53. The lowest BCUT2D eigenvalue weighted by atomic mass is 10.1. The first-order chi connectivity index (χ1) is 11.0. The van der Waals surface area contributed by atoms with Crippen molar-refractivity contribution in [3.8, 4) is 5.75 Å². The van der Waals surface area contributed by atoms with Crippen LogP contribution in [0.1, 0.15) is 34.0 Å². The molecule has 0 amide bonds. The molecule has 0 spiro atoms. The van der Waals surface area contributed by atoms with Crippen LogP contribution in [0.5, 0.6) is 5.75 Å². The van der Waals surface area contributed by atoms with Gasteiger partial charge in [0.05, 0.1) is 17.2 Å². The zero-order valence-corrected chi connectivity index (χ0v) is 15.0. The predicted molar refractivity (Wildman–Crippen MR) is 95.8 cm³/mol. The third kappa shape index (κ3) is 3.82. The Morgan fingerprint density at radius 1 is 1.30 bits per heavy atom. The van der Waals surface area contributed by atoms with Gasteiger partial charge in [0.25, 0.3) is 0 Å². The summed E-state index contributed by atoms with van der Waals surface area (Å²) in [4.78, 5) is 11.0. The van der Waals surface area contributed by atoms with Crippen LogP contribution in [0.25, 0.3) is 12.2 Å². The van der Waals surface area contributed by atoms with Gasteiger partial charge in [0.2, 0.25) is 0 Å². The summed E-state index contributed by atoms with van der Waals surface area (Å²) in [7, 11) is 0. The number of hydrogen-bond acceptors (Lipinski definition) is 2. The quantitative estimate of drug-likeness (QED) is 0.461. The standard InChI is InChI=1S/C18H15BrClFO2/c1-3-23-16-9-13(17(20)18(21)14(16)10-22)8-7-12-5-4-6-15(19)11(12)2/h4-10H,3H2,1-2H3/b8-7+. The Balaban J connectivity index is 2.49. The minimum absolute atomic E-state index is 0.0977. The van der Waals surface area contributed by atoms with E-state index in [0.717, 1.165) is 15.6 Å². The monoisotopic (exact) mass is 396 g/mol. The molecule has 0 aliphatic carbocycles. The molecule has 120 valence electrons. The Kier molecular flexibility index (Phi) is 5.97. The molecule has 2 aromatic carbocycles. The number of aldehydes is 1. The minimum Gasteiger partial charge on any atom is -0.493 e. The second-order valence-corrected chi connectivity index (χ2v) is 6.08. The molecule has 2 rings (SSSR count). The predicted octanol–water partition coefficient (Wildman–Crippen LogP) is 5.93. The lowest BCUT2D eigenvalue weighted by molar-refractivity contribution is 0.111. The maximum absolute atomic E-state index is 14.2. The molecule has 0 aromatic heterocycles. The van der Waals surface area contributed by atoms with Crippen LogP contribution in [0.4, 0.5) is 4.39 Å². The Morgan fingerprint density at radius 2 is 2.00 bits per heavy atom. The molecule has 0 bridgehead atoms. The lowest BCUT2D eigenvalue weighted by Gasteiger charge is -2.10. The summed E-state index contributed by atoms with van der Waals surface area (Å²) < 4.78 is 20.5. The summed E-state index contributed by atoms with van der Waals surface area (Å²) in [6.07, 6.45) is 3.96. The molecule has 5 heteroatoms. The zero-order chi connectivity index (χ0) is 17.0. The van der Waals surface area contributed by atoms with Gasteiger partial charge in [-0.15, -0.1) is 0 Å². The van der Waals surface area contributed by atoms with Crippen LogP contribution in [-0.4, -0.2) is 12.9 Å². The van der Waals surface area contributed by atoms with Crippen LogP contribution in [-0.2, 0) is 0 Å². The molecule has 0 radical (unpaired) electrons. The SMILES string of the molecule is CCOc1cc(/C=C/c2cccc(Br)c2C)c(Cl)c(F)c1C=O. The molecule has 0 atom stereocenters. The van der Waals surface area contributed by atoms with E-state index in [9.17, 15) is 9.18 Å². The van der Waals surface area contributed by atoms with Gasteiger partial charge in [0.1, 0.15) is 5.75 Å². The number of carbonyl (C=O) groups excluding carboxylic acids is 1. The van der Waals surface area contributed by atoms with Gasteiger partial charge in [0.15, 0.2) is 12.1 Å². The van der Waals surface area contributed by atoms with Gasteiger partial charge in [-0.1, -0.05) is 51.8 Å². The number of benzene rings is 2. The van der Waals surface area contributed by atoms with E-state index < -0.39 is 5.82 Å². The summed E-state index contributed by atoms with van der Waals surface area (Å²) in [6, 6.07) is 7.39. The van der Waals surface area contributed by atoms with Crippen molar-refractivity contribution < 1.29 is 13.9 Å². The van der Waals surface area contributed by atoms with Crippen molar-refractivity contribution in [1.29, 1.82) is 0 Å². The highest BCUT2D eigenvalue weighted by molar-refractivity contribution is 9.10. The Hall–Kier alpha value is -1.65. The number of ether oxygens (including phenoxy) is 1. The third-order valence-corrected chi connectivity index (χ3v) is 4.65. The van der Waals surface area contributed by atoms with E-state index in [4.69, 9.17) is 16.3 Å². The van der Waals surface area contributed by atoms with Crippen molar-refractivity contribution in [3.05, 3.63) is 61.8 Å². The van der Waals surface area contributed by atoms with Crippen molar-refractivity contribution in [3.63, 3.8) is 0 Å². The number of rotatable bonds is 5. The van der Waals surface area contributed by atoms with Crippen LogP contribution >= 0.6 is 27.5 Å². The molecular weight excluding hydrogens is 383 g/mol. The fourth-order valence-corrected chi connectivity index (χ4v) is 2.73. The molecular formula is C18H15BrClFO2. The molecule has 2 aromatic rings. The number of halogens is 3. The summed E-state index contributed by atoms with van der Waals surface area (Å²) in [6.45, 7) is 4.07. The first-order valence-electron chi connectivity index (χ1n) is 7.02. The highest BCUT2D eigenvalue weighted by Crippen LogP contribution is 2.32. The van der Waals surface area contributed by atoms with Crippen LogP contribution in [0.3, 0.4) is 0 Å². The maximum Gasteiger partial charge on any atom is 0.156 e. The Bertz CT molecular complexity index is 772. The third-order valence-electron chi connectivity index (χ3n) is 3.40. The van der Waals surface area contributed by atoms with E-state index in [-0.39, 0.29) is 16.3 Å². The molecule has 0 heterocycles. The molecule has 23 heavy (non-hydrogen) atoms. The average molecular weight is 398 g/mol. The number of hydrogen-bond donors (Lipinski definition) is 0. The highest BCUT2D eigenvalue weighted by Gasteiger charge is 2.16. The van der Waals surface area contributed by atoms with Gasteiger partial charge in [-0.3, -0.25) is 4.79 Å². The second kappa shape index (κ2) is 7.75. The number of carbonyl (C=O) groups is 1. The van der Waals surface area contributed by atoms with Gasteiger partial charge < -0.3 is 4.74 Å².